The van der Waals surface area contributed by atoms with E-state index in [2.05, 4.69) is 10.6 Å². The van der Waals surface area contributed by atoms with E-state index in [-0.39, 0.29) is 24.3 Å². The smallest absolute Gasteiger partial charge is 0.224 e. The number of benzene rings is 1. The van der Waals surface area contributed by atoms with Crippen molar-refractivity contribution >= 4 is 11.8 Å². The van der Waals surface area contributed by atoms with E-state index < -0.39 is 6.10 Å². The summed E-state index contributed by atoms with van der Waals surface area (Å²) in [6.07, 6.45) is 3.75. The molecule has 22 heavy (non-hydrogen) atoms. The van der Waals surface area contributed by atoms with Crippen LogP contribution >= 0.6 is 0 Å². The standard InChI is InChI=1S/C17H24N2O3/c20-15-9-5-4-8-14(15)19-16(21)10-11-18-17(22)12-13-6-2-1-3-7-13/h1-3,6-7,14-15,20H,4-5,8-12H2,(H,18,22)(H,19,21). The Kier molecular flexibility index (Phi) is 6.40. The van der Waals surface area contributed by atoms with Crippen molar-refractivity contribution < 1.29 is 14.7 Å². The van der Waals surface area contributed by atoms with E-state index >= 15 is 0 Å². The highest BCUT2D eigenvalue weighted by Gasteiger charge is 2.24. The summed E-state index contributed by atoms with van der Waals surface area (Å²) in [4.78, 5) is 23.6. The first-order chi connectivity index (χ1) is 10.6. The van der Waals surface area contributed by atoms with Crippen LogP contribution in [-0.4, -0.2) is 35.6 Å². The molecule has 1 aromatic carbocycles. The minimum absolute atomic E-state index is 0.0864. The molecule has 0 bridgehead atoms. The summed E-state index contributed by atoms with van der Waals surface area (Å²) < 4.78 is 0. The number of nitrogens with one attached hydrogen (secondary N) is 2. The van der Waals surface area contributed by atoms with Crippen molar-refractivity contribution in [2.24, 2.45) is 0 Å². The van der Waals surface area contributed by atoms with E-state index in [1.165, 1.54) is 0 Å². The Morgan fingerprint density at radius 3 is 2.55 bits per heavy atom. The van der Waals surface area contributed by atoms with Gasteiger partial charge in [-0.25, -0.2) is 0 Å². The van der Waals surface area contributed by atoms with Crippen molar-refractivity contribution in [2.45, 2.75) is 50.7 Å². The van der Waals surface area contributed by atoms with Gasteiger partial charge in [0.2, 0.25) is 11.8 Å². The number of aliphatic hydroxyl groups is 1. The molecule has 0 heterocycles. The predicted molar refractivity (Wildman–Crippen MR) is 84.2 cm³/mol. The van der Waals surface area contributed by atoms with Crippen LogP contribution in [0.3, 0.4) is 0 Å². The summed E-state index contributed by atoms with van der Waals surface area (Å²) in [5, 5.41) is 15.4. The lowest BCUT2D eigenvalue weighted by molar-refractivity contribution is -0.123. The number of carbonyl (C=O) groups excluding carboxylic acids is 2. The van der Waals surface area contributed by atoms with Crippen molar-refractivity contribution in [3.05, 3.63) is 35.9 Å². The van der Waals surface area contributed by atoms with Crippen LogP contribution in [0.5, 0.6) is 0 Å². The van der Waals surface area contributed by atoms with Gasteiger partial charge in [0.1, 0.15) is 0 Å². The SMILES string of the molecule is O=C(Cc1ccccc1)NCCC(=O)NC1CCCCC1O. The number of amides is 2. The zero-order chi connectivity index (χ0) is 15.8. The summed E-state index contributed by atoms with van der Waals surface area (Å²) >= 11 is 0. The van der Waals surface area contributed by atoms with Crippen LogP contribution in [0.1, 0.15) is 37.7 Å². The van der Waals surface area contributed by atoms with E-state index in [1.807, 2.05) is 30.3 Å². The van der Waals surface area contributed by atoms with Gasteiger partial charge in [0.05, 0.1) is 18.6 Å². The Hall–Kier alpha value is -1.88. The molecule has 2 atom stereocenters. The number of carbonyl (C=O) groups is 2. The molecular weight excluding hydrogens is 280 g/mol. The van der Waals surface area contributed by atoms with E-state index in [0.29, 0.717) is 13.0 Å². The second-order valence-electron chi connectivity index (χ2n) is 5.79. The molecule has 1 aliphatic carbocycles. The van der Waals surface area contributed by atoms with Gasteiger partial charge in [-0.05, 0) is 18.4 Å². The van der Waals surface area contributed by atoms with Crippen LogP contribution in [0.15, 0.2) is 30.3 Å². The van der Waals surface area contributed by atoms with E-state index in [0.717, 1.165) is 31.2 Å². The van der Waals surface area contributed by atoms with Crippen molar-refractivity contribution in [3.63, 3.8) is 0 Å². The first-order valence-electron chi connectivity index (χ1n) is 7.93. The molecule has 1 aromatic rings. The summed E-state index contributed by atoms with van der Waals surface area (Å²) in [6, 6.07) is 9.36. The van der Waals surface area contributed by atoms with Gasteiger partial charge >= 0.3 is 0 Å². The topological polar surface area (TPSA) is 78.4 Å². The Labute approximate surface area is 131 Å². The maximum atomic E-state index is 11.8. The molecule has 1 saturated carbocycles. The highest BCUT2D eigenvalue weighted by atomic mass is 16.3. The Balaban J connectivity index is 1.63. The van der Waals surface area contributed by atoms with Crippen LogP contribution in [0, 0.1) is 0 Å². The van der Waals surface area contributed by atoms with Crippen molar-refractivity contribution in [1.29, 1.82) is 0 Å². The molecule has 0 saturated heterocycles. The maximum absolute atomic E-state index is 11.8. The Bertz CT molecular complexity index is 490. The van der Waals surface area contributed by atoms with Crippen molar-refractivity contribution in [1.82, 2.24) is 10.6 Å². The van der Waals surface area contributed by atoms with Gasteiger partial charge in [-0.15, -0.1) is 0 Å². The Morgan fingerprint density at radius 2 is 1.82 bits per heavy atom. The third-order valence-electron chi connectivity index (χ3n) is 3.96. The monoisotopic (exact) mass is 304 g/mol. The van der Waals surface area contributed by atoms with Gasteiger partial charge < -0.3 is 15.7 Å². The highest BCUT2D eigenvalue weighted by Crippen LogP contribution is 2.18. The first-order valence-corrected chi connectivity index (χ1v) is 7.93. The van der Waals surface area contributed by atoms with E-state index in [1.54, 1.807) is 0 Å². The highest BCUT2D eigenvalue weighted by molar-refractivity contribution is 5.80. The van der Waals surface area contributed by atoms with Gasteiger partial charge in [0.15, 0.2) is 0 Å². The first kappa shape index (κ1) is 16.5. The molecule has 120 valence electrons. The quantitative estimate of drug-likeness (QED) is 0.738. The second-order valence-corrected chi connectivity index (χ2v) is 5.79. The lowest BCUT2D eigenvalue weighted by Gasteiger charge is -2.28. The van der Waals surface area contributed by atoms with Crippen LogP contribution in [0.25, 0.3) is 0 Å². The molecule has 0 radical (unpaired) electrons. The van der Waals surface area contributed by atoms with E-state index in [4.69, 9.17) is 0 Å². The normalized spacial score (nSPS) is 21.1. The molecule has 0 aromatic heterocycles. The second kappa shape index (κ2) is 8.54. The summed E-state index contributed by atoms with van der Waals surface area (Å²) in [5.41, 5.74) is 0.953. The van der Waals surface area contributed by atoms with Crippen LogP contribution in [-0.2, 0) is 16.0 Å². The maximum Gasteiger partial charge on any atom is 0.224 e. The van der Waals surface area contributed by atoms with Gasteiger partial charge in [-0.3, -0.25) is 9.59 Å². The lowest BCUT2D eigenvalue weighted by atomic mass is 9.92. The third kappa shape index (κ3) is 5.48. The fourth-order valence-electron chi connectivity index (χ4n) is 2.72. The van der Waals surface area contributed by atoms with Crippen LogP contribution in [0.4, 0.5) is 0 Å². The molecule has 1 aliphatic rings. The predicted octanol–water partition coefficient (Wildman–Crippen LogP) is 1.16. The Morgan fingerprint density at radius 1 is 1.09 bits per heavy atom. The number of hydrogen-bond donors (Lipinski definition) is 3. The average Bonchev–Trinajstić information content (AvgIpc) is 2.50. The number of aliphatic hydroxyl groups excluding tert-OH is 1. The number of rotatable bonds is 6. The fourth-order valence-corrected chi connectivity index (χ4v) is 2.72. The molecule has 5 nitrogen and oxygen atoms in total. The minimum atomic E-state index is -0.439. The molecule has 5 heteroatoms. The zero-order valence-electron chi connectivity index (χ0n) is 12.8. The van der Waals surface area contributed by atoms with Crippen molar-refractivity contribution in [3.8, 4) is 0 Å². The zero-order valence-corrected chi connectivity index (χ0v) is 12.8. The summed E-state index contributed by atoms with van der Waals surface area (Å²) in [6.45, 7) is 0.320. The molecule has 2 rings (SSSR count). The van der Waals surface area contributed by atoms with Gasteiger partial charge in [-0.1, -0.05) is 43.2 Å². The molecule has 0 spiro atoms. The van der Waals surface area contributed by atoms with Gasteiger partial charge in [0.25, 0.3) is 0 Å². The molecule has 2 unspecified atom stereocenters. The van der Waals surface area contributed by atoms with E-state index in [9.17, 15) is 14.7 Å². The average molecular weight is 304 g/mol. The third-order valence-corrected chi connectivity index (χ3v) is 3.96. The molecule has 2 amide bonds. The molecular formula is C17H24N2O3. The lowest BCUT2D eigenvalue weighted by Crippen LogP contribution is -2.45. The summed E-state index contributed by atoms with van der Waals surface area (Å²) in [5.74, 6) is -0.206. The summed E-state index contributed by atoms with van der Waals surface area (Å²) in [7, 11) is 0. The molecule has 1 fully saturated rings. The minimum Gasteiger partial charge on any atom is -0.391 e. The molecule has 3 N–H and O–H groups in total. The van der Waals surface area contributed by atoms with Gasteiger partial charge in [-0.2, -0.15) is 0 Å². The molecule has 0 aliphatic heterocycles. The van der Waals surface area contributed by atoms with Crippen molar-refractivity contribution in [2.75, 3.05) is 6.54 Å². The van der Waals surface area contributed by atoms with Crippen LogP contribution in [0.2, 0.25) is 0 Å². The number of hydrogen-bond acceptors (Lipinski definition) is 3. The van der Waals surface area contributed by atoms with Gasteiger partial charge in [0, 0.05) is 13.0 Å². The van der Waals surface area contributed by atoms with Crippen LogP contribution < -0.4 is 10.6 Å². The largest absolute Gasteiger partial charge is 0.391 e. The fraction of sp³-hybridized carbons (Fsp3) is 0.529.